The Hall–Kier alpha value is -3.30. The van der Waals surface area contributed by atoms with Crippen LogP contribution in [0, 0.1) is 5.92 Å². The Balaban J connectivity index is 1.48. The van der Waals surface area contributed by atoms with Crippen molar-refractivity contribution in [2.45, 2.75) is 25.4 Å². The van der Waals surface area contributed by atoms with Crippen molar-refractivity contribution in [1.29, 1.82) is 0 Å². The minimum atomic E-state index is -4.48. The second kappa shape index (κ2) is 7.61. The van der Waals surface area contributed by atoms with Crippen LogP contribution >= 0.6 is 0 Å². The monoisotopic (exact) mass is 402 g/mol. The van der Waals surface area contributed by atoms with Crippen molar-refractivity contribution in [3.05, 3.63) is 54.1 Å². The highest BCUT2D eigenvalue weighted by atomic mass is 19.4. The Morgan fingerprint density at radius 2 is 1.97 bits per heavy atom. The van der Waals surface area contributed by atoms with E-state index >= 15 is 0 Å². The summed E-state index contributed by atoms with van der Waals surface area (Å²) >= 11 is 0. The normalized spacial score (nSPS) is 17.6. The van der Waals surface area contributed by atoms with Gasteiger partial charge in [0.1, 0.15) is 5.69 Å². The van der Waals surface area contributed by atoms with Crippen LogP contribution in [0.1, 0.15) is 24.1 Å². The Labute approximate surface area is 164 Å². The third kappa shape index (κ3) is 4.10. The smallest absolute Gasteiger partial charge is 0.281 e. The summed E-state index contributed by atoms with van der Waals surface area (Å²) in [5.74, 6) is 0.339. The number of anilines is 1. The number of aromatic nitrogens is 5. The van der Waals surface area contributed by atoms with E-state index in [-0.39, 0.29) is 11.8 Å². The maximum atomic E-state index is 12.9. The van der Waals surface area contributed by atoms with Crippen molar-refractivity contribution in [1.82, 2.24) is 25.1 Å². The van der Waals surface area contributed by atoms with Crippen LogP contribution in [0.15, 0.2) is 42.9 Å². The molecule has 1 aliphatic heterocycles. The van der Waals surface area contributed by atoms with Gasteiger partial charge in [-0.2, -0.15) is 23.3 Å². The van der Waals surface area contributed by atoms with Gasteiger partial charge in [-0.25, -0.2) is 5.10 Å². The van der Waals surface area contributed by atoms with Gasteiger partial charge in [0, 0.05) is 36.6 Å². The van der Waals surface area contributed by atoms with Crippen molar-refractivity contribution in [2.24, 2.45) is 5.92 Å². The number of halogens is 3. The molecule has 29 heavy (non-hydrogen) atoms. The van der Waals surface area contributed by atoms with Gasteiger partial charge in [0.25, 0.3) is 0 Å². The molecular formula is C19H17F3N6O. The summed E-state index contributed by atoms with van der Waals surface area (Å²) < 4.78 is 38.0. The Kier molecular flexibility index (Phi) is 4.99. The van der Waals surface area contributed by atoms with E-state index < -0.39 is 11.9 Å². The fourth-order valence-corrected chi connectivity index (χ4v) is 3.35. The molecule has 4 rings (SSSR count). The average molecular weight is 402 g/mol. The van der Waals surface area contributed by atoms with Gasteiger partial charge in [-0.05, 0) is 43.0 Å². The Bertz CT molecular complexity index is 987. The summed E-state index contributed by atoms with van der Waals surface area (Å²) in [7, 11) is 0. The number of nitrogens with zero attached hydrogens (tertiary/aromatic N) is 5. The van der Waals surface area contributed by atoms with E-state index in [1.807, 2.05) is 0 Å². The summed E-state index contributed by atoms with van der Waals surface area (Å²) in [5, 5.41) is 6.96. The lowest BCUT2D eigenvalue weighted by molar-refractivity contribution is -0.141. The molecule has 3 aromatic rings. The molecule has 3 aromatic heterocycles. The van der Waals surface area contributed by atoms with Crippen LogP contribution in [0.4, 0.5) is 19.1 Å². The summed E-state index contributed by atoms with van der Waals surface area (Å²) in [4.78, 5) is 26.3. The molecule has 0 aliphatic carbocycles. The standard InChI is InChI=1S/C19H17F3N6O/c20-19(21,22)15-4-3-12(11-24-15)10-14-2-1-9-28(17(14)29)18-25-16(26-27-18)13-5-7-23-8-6-13/h3-8,11,14H,1-2,9-10H2,(H,25,26,27). The number of hydrogen-bond donors (Lipinski definition) is 1. The highest BCUT2D eigenvalue weighted by molar-refractivity contribution is 5.94. The molecule has 0 aromatic carbocycles. The van der Waals surface area contributed by atoms with E-state index in [1.54, 1.807) is 29.4 Å². The van der Waals surface area contributed by atoms with Crippen molar-refractivity contribution in [3.8, 4) is 11.4 Å². The van der Waals surface area contributed by atoms with Crippen molar-refractivity contribution in [2.75, 3.05) is 11.4 Å². The van der Waals surface area contributed by atoms with Gasteiger partial charge in [-0.15, -0.1) is 0 Å². The van der Waals surface area contributed by atoms with Crippen LogP contribution in [0.3, 0.4) is 0 Å². The molecule has 10 heteroatoms. The number of carbonyl (C=O) groups excluding carboxylic acids is 1. The second-order valence-electron chi connectivity index (χ2n) is 6.80. The second-order valence-corrected chi connectivity index (χ2v) is 6.80. The molecule has 1 aliphatic rings. The molecule has 7 nitrogen and oxygen atoms in total. The molecule has 4 heterocycles. The first-order valence-corrected chi connectivity index (χ1v) is 9.08. The number of pyridine rings is 2. The summed E-state index contributed by atoms with van der Waals surface area (Å²) in [6, 6.07) is 5.85. The van der Waals surface area contributed by atoms with Crippen LogP contribution in [0.2, 0.25) is 0 Å². The summed E-state index contributed by atoms with van der Waals surface area (Å²) in [6.45, 7) is 0.506. The third-order valence-electron chi connectivity index (χ3n) is 4.81. The fraction of sp³-hybridized carbons (Fsp3) is 0.316. The van der Waals surface area contributed by atoms with Gasteiger partial charge in [0.2, 0.25) is 11.9 Å². The molecular weight excluding hydrogens is 385 g/mol. The number of piperidine rings is 1. The SMILES string of the molecule is O=C1C(Cc2ccc(C(F)(F)F)nc2)CCCN1c1nc(-c2ccncc2)n[nH]1. The minimum Gasteiger partial charge on any atom is -0.281 e. The maximum absolute atomic E-state index is 12.9. The molecule has 0 saturated carbocycles. The molecule has 1 atom stereocenters. The zero-order valence-electron chi connectivity index (χ0n) is 15.2. The number of carbonyl (C=O) groups is 1. The summed E-state index contributed by atoms with van der Waals surface area (Å²) in [5.41, 5.74) is 0.427. The van der Waals surface area contributed by atoms with Gasteiger partial charge < -0.3 is 0 Å². The number of nitrogens with one attached hydrogen (secondary N) is 1. The van der Waals surface area contributed by atoms with Gasteiger partial charge in [0.05, 0.1) is 0 Å². The lowest BCUT2D eigenvalue weighted by atomic mass is 9.91. The molecule has 1 amide bonds. The number of amides is 1. The molecule has 0 bridgehead atoms. The van der Waals surface area contributed by atoms with Crippen molar-refractivity contribution < 1.29 is 18.0 Å². The predicted octanol–water partition coefficient (Wildman–Crippen LogP) is 3.27. The minimum absolute atomic E-state index is 0.131. The van der Waals surface area contributed by atoms with Crippen LogP contribution in [0.5, 0.6) is 0 Å². The van der Waals surface area contributed by atoms with Crippen molar-refractivity contribution in [3.63, 3.8) is 0 Å². The molecule has 1 unspecified atom stereocenters. The lowest BCUT2D eigenvalue weighted by Crippen LogP contribution is -2.42. The van der Waals surface area contributed by atoms with E-state index in [2.05, 4.69) is 25.1 Å². The zero-order chi connectivity index (χ0) is 20.4. The van der Waals surface area contributed by atoms with Gasteiger partial charge >= 0.3 is 6.18 Å². The first kappa shape index (κ1) is 19.0. The third-order valence-corrected chi connectivity index (χ3v) is 4.81. The molecule has 1 fully saturated rings. The van der Waals surface area contributed by atoms with Gasteiger partial charge in [-0.1, -0.05) is 6.07 Å². The zero-order valence-corrected chi connectivity index (χ0v) is 15.2. The number of hydrogen-bond acceptors (Lipinski definition) is 5. The van der Waals surface area contributed by atoms with E-state index in [9.17, 15) is 18.0 Å². The fourth-order valence-electron chi connectivity index (χ4n) is 3.35. The van der Waals surface area contributed by atoms with Gasteiger partial charge in [0.15, 0.2) is 5.82 Å². The first-order valence-electron chi connectivity index (χ1n) is 9.08. The average Bonchev–Trinajstić information content (AvgIpc) is 3.20. The number of H-pyrrole nitrogens is 1. The Morgan fingerprint density at radius 1 is 1.17 bits per heavy atom. The topological polar surface area (TPSA) is 87.7 Å². The molecule has 0 radical (unpaired) electrons. The van der Waals surface area contributed by atoms with E-state index in [0.29, 0.717) is 36.7 Å². The number of rotatable bonds is 4. The lowest BCUT2D eigenvalue weighted by Gasteiger charge is -2.30. The van der Waals surface area contributed by atoms with Crippen LogP contribution in [0.25, 0.3) is 11.4 Å². The number of alkyl halides is 3. The molecule has 150 valence electrons. The van der Waals surface area contributed by atoms with Gasteiger partial charge in [-0.3, -0.25) is 19.7 Å². The highest BCUT2D eigenvalue weighted by Gasteiger charge is 2.34. The van der Waals surface area contributed by atoms with Crippen LogP contribution in [-0.4, -0.2) is 37.6 Å². The first-order chi connectivity index (χ1) is 13.9. The largest absolute Gasteiger partial charge is 0.433 e. The molecule has 1 N–H and O–H groups in total. The van der Waals surface area contributed by atoms with E-state index in [4.69, 9.17) is 0 Å². The number of aromatic amines is 1. The van der Waals surface area contributed by atoms with E-state index in [1.165, 1.54) is 12.3 Å². The van der Waals surface area contributed by atoms with Crippen LogP contribution < -0.4 is 4.90 Å². The molecule has 0 spiro atoms. The highest BCUT2D eigenvalue weighted by Crippen LogP contribution is 2.29. The van der Waals surface area contributed by atoms with Crippen molar-refractivity contribution >= 4 is 11.9 Å². The predicted molar refractivity (Wildman–Crippen MR) is 97.6 cm³/mol. The Morgan fingerprint density at radius 3 is 2.66 bits per heavy atom. The van der Waals surface area contributed by atoms with E-state index in [0.717, 1.165) is 18.1 Å². The summed E-state index contributed by atoms with van der Waals surface area (Å²) in [6.07, 6.45) is 1.71. The van der Waals surface area contributed by atoms with Crippen LogP contribution in [-0.2, 0) is 17.4 Å². The quantitative estimate of drug-likeness (QED) is 0.724. The maximum Gasteiger partial charge on any atom is 0.433 e. The molecule has 1 saturated heterocycles.